The van der Waals surface area contributed by atoms with Gasteiger partial charge in [-0.2, -0.15) is 0 Å². The molecule has 1 fully saturated rings. The van der Waals surface area contributed by atoms with Crippen LogP contribution in [-0.4, -0.2) is 29.8 Å². The number of hydrogen-bond donors (Lipinski definition) is 2. The van der Waals surface area contributed by atoms with Gasteiger partial charge in [-0.05, 0) is 25.5 Å². The van der Waals surface area contributed by atoms with Crippen molar-refractivity contribution in [1.29, 1.82) is 0 Å². The van der Waals surface area contributed by atoms with Gasteiger partial charge in [0.05, 0.1) is 17.6 Å². The third kappa shape index (κ3) is 2.33. The molecule has 0 amide bonds. The maximum Gasteiger partial charge on any atom is 0.0569 e. The molecule has 4 nitrogen and oxygen atoms in total. The van der Waals surface area contributed by atoms with E-state index in [1.807, 2.05) is 19.2 Å². The van der Waals surface area contributed by atoms with Gasteiger partial charge in [0.25, 0.3) is 0 Å². The molecule has 2 heterocycles. The molecule has 0 saturated carbocycles. The van der Waals surface area contributed by atoms with Crippen molar-refractivity contribution in [3.8, 4) is 0 Å². The number of hydrogen-bond acceptors (Lipinski definition) is 4. The van der Waals surface area contributed by atoms with Crippen LogP contribution < -0.4 is 10.6 Å². The van der Waals surface area contributed by atoms with Gasteiger partial charge in [-0.25, -0.2) is 0 Å². The third-order valence-electron chi connectivity index (χ3n) is 3.15. The lowest BCUT2D eigenvalue weighted by molar-refractivity contribution is 0.238. The van der Waals surface area contributed by atoms with Crippen LogP contribution in [0.2, 0.25) is 0 Å². The van der Waals surface area contributed by atoms with Crippen LogP contribution in [0, 0.1) is 5.92 Å². The fourth-order valence-corrected chi connectivity index (χ4v) is 2.07. The number of anilines is 1. The summed E-state index contributed by atoms with van der Waals surface area (Å²) in [5, 5.41) is 9.09. The summed E-state index contributed by atoms with van der Waals surface area (Å²) in [4.78, 5) is 6.61. The average Bonchev–Trinajstić information content (AvgIpc) is 2.77. The molecule has 1 aliphatic rings. The molecule has 3 N–H and O–H groups in total. The standard InChI is InChI=1S/C12H19N3O/c1-9(13)12-3-2-11(6-14-12)15-5-4-10(7-15)8-16/h2-3,6,9-10,16H,4-5,7-8,13H2,1H3/t9-,10?/m1/s1. The van der Waals surface area contributed by atoms with E-state index in [0.717, 1.165) is 30.9 Å². The maximum atomic E-state index is 9.09. The zero-order valence-electron chi connectivity index (χ0n) is 9.63. The number of aliphatic hydroxyl groups is 1. The summed E-state index contributed by atoms with van der Waals surface area (Å²) in [7, 11) is 0. The second-order valence-electron chi connectivity index (χ2n) is 4.51. The lowest BCUT2D eigenvalue weighted by Gasteiger charge is -2.18. The fourth-order valence-electron chi connectivity index (χ4n) is 2.07. The minimum Gasteiger partial charge on any atom is -0.396 e. The van der Waals surface area contributed by atoms with E-state index in [1.54, 1.807) is 0 Å². The molecular formula is C12H19N3O. The molecule has 0 aromatic carbocycles. The van der Waals surface area contributed by atoms with Crippen LogP contribution in [0.3, 0.4) is 0 Å². The normalized spacial score (nSPS) is 22.4. The summed E-state index contributed by atoms with van der Waals surface area (Å²) in [6.45, 7) is 4.14. The first kappa shape index (κ1) is 11.4. The fraction of sp³-hybridized carbons (Fsp3) is 0.583. The molecule has 1 aromatic rings. The van der Waals surface area contributed by atoms with E-state index in [-0.39, 0.29) is 12.6 Å². The molecule has 88 valence electrons. The van der Waals surface area contributed by atoms with Crippen LogP contribution in [0.4, 0.5) is 5.69 Å². The van der Waals surface area contributed by atoms with Crippen molar-refractivity contribution >= 4 is 5.69 Å². The number of rotatable bonds is 3. The highest BCUT2D eigenvalue weighted by Crippen LogP contribution is 2.23. The van der Waals surface area contributed by atoms with Crippen LogP contribution in [0.15, 0.2) is 18.3 Å². The first-order chi connectivity index (χ1) is 7.70. The van der Waals surface area contributed by atoms with Crippen molar-refractivity contribution in [2.45, 2.75) is 19.4 Å². The number of nitrogens with zero attached hydrogens (tertiary/aromatic N) is 2. The van der Waals surface area contributed by atoms with E-state index in [4.69, 9.17) is 10.8 Å². The Kier molecular flexibility index (Phi) is 3.41. The van der Waals surface area contributed by atoms with Crippen molar-refractivity contribution in [2.75, 3.05) is 24.6 Å². The van der Waals surface area contributed by atoms with Crippen molar-refractivity contribution < 1.29 is 5.11 Å². The second kappa shape index (κ2) is 4.80. The van der Waals surface area contributed by atoms with E-state index >= 15 is 0 Å². The van der Waals surface area contributed by atoms with Gasteiger partial charge in [0.2, 0.25) is 0 Å². The van der Waals surface area contributed by atoms with Crippen LogP contribution in [-0.2, 0) is 0 Å². The topological polar surface area (TPSA) is 62.4 Å². The summed E-state index contributed by atoms with van der Waals surface area (Å²) in [5.74, 6) is 0.410. The highest BCUT2D eigenvalue weighted by molar-refractivity contribution is 5.45. The molecule has 0 bridgehead atoms. The first-order valence-corrected chi connectivity index (χ1v) is 5.78. The Hall–Kier alpha value is -1.13. The van der Waals surface area contributed by atoms with Gasteiger partial charge < -0.3 is 15.7 Å². The number of aliphatic hydroxyl groups excluding tert-OH is 1. The Labute approximate surface area is 96.1 Å². The lowest BCUT2D eigenvalue weighted by Crippen LogP contribution is -2.21. The van der Waals surface area contributed by atoms with Gasteiger partial charge in [-0.3, -0.25) is 4.98 Å². The number of pyridine rings is 1. The van der Waals surface area contributed by atoms with Gasteiger partial charge in [-0.15, -0.1) is 0 Å². The van der Waals surface area contributed by atoms with E-state index in [1.165, 1.54) is 0 Å². The van der Waals surface area contributed by atoms with Crippen LogP contribution in [0.5, 0.6) is 0 Å². The van der Waals surface area contributed by atoms with E-state index in [2.05, 4.69) is 16.0 Å². The highest BCUT2D eigenvalue weighted by Gasteiger charge is 2.21. The summed E-state index contributed by atoms with van der Waals surface area (Å²) in [6.07, 6.45) is 2.93. The van der Waals surface area contributed by atoms with E-state index in [9.17, 15) is 0 Å². The molecule has 1 aromatic heterocycles. The Morgan fingerprint density at radius 2 is 2.44 bits per heavy atom. The monoisotopic (exact) mass is 221 g/mol. The van der Waals surface area contributed by atoms with Crippen LogP contribution in [0.25, 0.3) is 0 Å². The zero-order valence-corrected chi connectivity index (χ0v) is 9.63. The minimum absolute atomic E-state index is 0.0159. The Balaban J connectivity index is 2.05. The quantitative estimate of drug-likeness (QED) is 0.796. The zero-order chi connectivity index (χ0) is 11.5. The van der Waals surface area contributed by atoms with Crippen LogP contribution >= 0.6 is 0 Å². The maximum absolute atomic E-state index is 9.09. The number of aromatic nitrogens is 1. The summed E-state index contributed by atoms with van der Waals surface area (Å²) in [6, 6.07) is 4.02. The van der Waals surface area contributed by atoms with Gasteiger partial charge in [0, 0.05) is 31.7 Å². The largest absolute Gasteiger partial charge is 0.396 e. The summed E-state index contributed by atoms with van der Waals surface area (Å²) in [5.41, 5.74) is 7.80. The molecule has 16 heavy (non-hydrogen) atoms. The van der Waals surface area contributed by atoms with Gasteiger partial charge in [-0.1, -0.05) is 0 Å². The Bertz CT molecular complexity index is 337. The third-order valence-corrected chi connectivity index (χ3v) is 3.15. The molecule has 0 radical (unpaired) electrons. The average molecular weight is 221 g/mol. The van der Waals surface area contributed by atoms with Gasteiger partial charge >= 0.3 is 0 Å². The lowest BCUT2D eigenvalue weighted by atomic mass is 10.1. The van der Waals surface area contributed by atoms with Crippen molar-refractivity contribution in [3.63, 3.8) is 0 Å². The highest BCUT2D eigenvalue weighted by atomic mass is 16.3. The number of nitrogens with two attached hydrogens (primary N) is 1. The molecule has 4 heteroatoms. The Morgan fingerprint density at radius 3 is 2.94 bits per heavy atom. The molecule has 1 aliphatic heterocycles. The van der Waals surface area contributed by atoms with Crippen molar-refractivity contribution in [3.05, 3.63) is 24.0 Å². The molecule has 1 unspecified atom stereocenters. The molecule has 1 saturated heterocycles. The van der Waals surface area contributed by atoms with E-state index in [0.29, 0.717) is 5.92 Å². The summed E-state index contributed by atoms with van der Waals surface area (Å²) < 4.78 is 0. The van der Waals surface area contributed by atoms with Gasteiger partial charge in [0.1, 0.15) is 0 Å². The van der Waals surface area contributed by atoms with Crippen molar-refractivity contribution in [2.24, 2.45) is 11.7 Å². The molecule has 0 spiro atoms. The molecular weight excluding hydrogens is 202 g/mol. The molecule has 2 atom stereocenters. The predicted octanol–water partition coefficient (Wildman–Crippen LogP) is 0.920. The first-order valence-electron chi connectivity index (χ1n) is 5.78. The second-order valence-corrected chi connectivity index (χ2v) is 4.51. The Morgan fingerprint density at radius 1 is 1.62 bits per heavy atom. The smallest absolute Gasteiger partial charge is 0.0569 e. The van der Waals surface area contributed by atoms with Crippen molar-refractivity contribution in [1.82, 2.24) is 4.98 Å². The summed E-state index contributed by atoms with van der Waals surface area (Å²) >= 11 is 0. The molecule has 0 aliphatic carbocycles. The predicted molar refractivity (Wildman–Crippen MR) is 64.2 cm³/mol. The van der Waals surface area contributed by atoms with Crippen LogP contribution in [0.1, 0.15) is 25.1 Å². The minimum atomic E-state index is -0.0159. The SMILES string of the molecule is C[C@@H](N)c1ccc(N2CCC(CO)C2)cn1. The molecule has 2 rings (SSSR count). The van der Waals surface area contributed by atoms with Gasteiger partial charge in [0.15, 0.2) is 0 Å². The van der Waals surface area contributed by atoms with E-state index < -0.39 is 0 Å².